The molecule has 7 nitrogen and oxygen atoms in total. The molecule has 0 atom stereocenters. The highest BCUT2D eigenvalue weighted by molar-refractivity contribution is 7.89. The lowest BCUT2D eigenvalue weighted by molar-refractivity contribution is 0.0521. The topological polar surface area (TPSA) is 94.1 Å². The van der Waals surface area contributed by atoms with Crippen LogP contribution in [0.4, 0.5) is 0 Å². The Balaban J connectivity index is 2.24. The van der Waals surface area contributed by atoms with Crippen molar-refractivity contribution in [2.24, 2.45) is 7.05 Å². The van der Waals surface area contributed by atoms with Crippen LogP contribution in [-0.2, 0) is 27.4 Å². The molecule has 3 rings (SSSR count). The smallest absolute Gasteiger partial charge is 0.355 e. The highest BCUT2D eigenvalue weighted by atomic mass is 35.5. The van der Waals surface area contributed by atoms with Gasteiger partial charge >= 0.3 is 5.97 Å². The zero-order valence-corrected chi connectivity index (χ0v) is 18.6. The third kappa shape index (κ3) is 4.18. The van der Waals surface area contributed by atoms with Gasteiger partial charge < -0.3 is 9.72 Å². The zero-order chi connectivity index (χ0) is 21.5. The maximum atomic E-state index is 12.6. The summed E-state index contributed by atoms with van der Waals surface area (Å²) < 4.78 is 30.3. The molecule has 156 valence electrons. The molecular weight excluding hydrogens is 414 g/mol. The molecule has 2 aromatic heterocycles. The lowest BCUT2D eigenvalue weighted by Gasteiger charge is -2.09. The van der Waals surface area contributed by atoms with E-state index in [1.165, 1.54) is 0 Å². The van der Waals surface area contributed by atoms with Crippen LogP contribution < -0.4 is 0 Å². The molecule has 0 spiro atoms. The molecule has 2 heterocycles. The van der Waals surface area contributed by atoms with Gasteiger partial charge in [-0.1, -0.05) is 37.6 Å². The highest BCUT2D eigenvalue weighted by Gasteiger charge is 2.26. The first-order valence-corrected chi connectivity index (χ1v) is 11.7. The molecule has 0 amide bonds. The molecule has 1 aromatic carbocycles. The minimum absolute atomic E-state index is 0.152. The first-order chi connectivity index (χ1) is 13.5. The van der Waals surface area contributed by atoms with Crippen molar-refractivity contribution in [3.63, 3.8) is 0 Å². The van der Waals surface area contributed by atoms with Gasteiger partial charge in [-0.15, -0.1) is 0 Å². The van der Waals surface area contributed by atoms with Crippen LogP contribution in [-0.4, -0.2) is 42.0 Å². The molecule has 3 aromatic rings. The average Bonchev–Trinajstić information content (AvgIpc) is 3.10. The van der Waals surface area contributed by atoms with Gasteiger partial charge in [0, 0.05) is 23.9 Å². The first-order valence-electron chi connectivity index (χ1n) is 9.25. The van der Waals surface area contributed by atoms with E-state index >= 15 is 0 Å². The number of fused-ring (bicyclic) bond motifs is 1. The Morgan fingerprint density at radius 1 is 1.34 bits per heavy atom. The number of H-pyrrole nitrogens is 1. The Morgan fingerprint density at radius 2 is 2.03 bits per heavy atom. The summed E-state index contributed by atoms with van der Waals surface area (Å²) in [6, 6.07) is 5.08. The normalized spacial score (nSPS) is 12.1. The number of hydrogen-bond donors (Lipinski definition) is 1. The number of aryl methyl sites for hydroxylation is 1. The fourth-order valence-corrected chi connectivity index (χ4v) is 4.69. The molecule has 29 heavy (non-hydrogen) atoms. The van der Waals surface area contributed by atoms with Crippen molar-refractivity contribution >= 4 is 38.4 Å². The maximum absolute atomic E-state index is 12.6. The Morgan fingerprint density at radius 3 is 2.59 bits per heavy atom. The van der Waals surface area contributed by atoms with Gasteiger partial charge in [0.15, 0.2) is 9.84 Å². The summed E-state index contributed by atoms with van der Waals surface area (Å²) >= 11 is 6.37. The second kappa shape index (κ2) is 7.84. The molecule has 0 saturated carbocycles. The van der Waals surface area contributed by atoms with Crippen LogP contribution in [0.25, 0.3) is 22.2 Å². The lowest BCUT2D eigenvalue weighted by Crippen LogP contribution is -2.08. The number of rotatable bonds is 6. The molecule has 0 unspecified atom stereocenters. The summed E-state index contributed by atoms with van der Waals surface area (Å²) in [6.07, 6.45) is 1.16. The molecule has 9 heteroatoms. The number of carbonyl (C=O) groups is 1. The van der Waals surface area contributed by atoms with Crippen LogP contribution in [0.5, 0.6) is 0 Å². The van der Waals surface area contributed by atoms with Gasteiger partial charge in [-0.3, -0.25) is 4.68 Å². The number of nitrogens with one attached hydrogen (secondary N) is 1. The van der Waals surface area contributed by atoms with E-state index < -0.39 is 15.8 Å². The van der Waals surface area contributed by atoms with Crippen molar-refractivity contribution in [3.05, 3.63) is 40.2 Å². The van der Waals surface area contributed by atoms with Crippen molar-refractivity contribution in [2.45, 2.75) is 32.4 Å². The number of sulfone groups is 1. The quantitative estimate of drug-likeness (QED) is 0.586. The largest absolute Gasteiger partial charge is 0.461 e. The van der Waals surface area contributed by atoms with Crippen LogP contribution in [0.15, 0.2) is 18.2 Å². The summed E-state index contributed by atoms with van der Waals surface area (Å²) in [4.78, 5) is 15.8. The minimum Gasteiger partial charge on any atom is -0.461 e. The van der Waals surface area contributed by atoms with E-state index in [4.69, 9.17) is 16.3 Å². The van der Waals surface area contributed by atoms with Crippen LogP contribution in [0.1, 0.15) is 48.4 Å². The molecule has 0 aliphatic carbocycles. The van der Waals surface area contributed by atoms with E-state index in [2.05, 4.69) is 23.9 Å². The Bertz CT molecular complexity index is 1190. The number of carbonyl (C=O) groups excluding carboxylic acids is 1. The Kier molecular flexibility index (Phi) is 5.78. The van der Waals surface area contributed by atoms with E-state index in [0.717, 1.165) is 17.5 Å². The molecule has 0 radical (unpaired) electrons. The zero-order valence-electron chi connectivity index (χ0n) is 17.0. The monoisotopic (exact) mass is 437 g/mol. The third-order valence-corrected chi connectivity index (χ3v) is 5.80. The predicted molar refractivity (Wildman–Crippen MR) is 114 cm³/mol. The predicted octanol–water partition coefficient (Wildman–Crippen LogP) is 4.07. The molecule has 1 N–H and O–H groups in total. The van der Waals surface area contributed by atoms with Gasteiger partial charge in [-0.2, -0.15) is 5.10 Å². The van der Waals surface area contributed by atoms with Crippen LogP contribution in [0, 0.1) is 0 Å². The fraction of sp³-hybridized carbons (Fsp3) is 0.400. The van der Waals surface area contributed by atoms with Crippen molar-refractivity contribution < 1.29 is 17.9 Å². The van der Waals surface area contributed by atoms with Gasteiger partial charge in [-0.05, 0) is 30.0 Å². The number of benzene rings is 1. The summed E-state index contributed by atoms with van der Waals surface area (Å²) in [5.41, 5.74) is 4.45. The number of hydrogen-bond acceptors (Lipinski definition) is 5. The van der Waals surface area contributed by atoms with Crippen molar-refractivity contribution in [2.75, 3.05) is 12.9 Å². The van der Waals surface area contributed by atoms with E-state index in [0.29, 0.717) is 32.9 Å². The summed E-state index contributed by atoms with van der Waals surface area (Å²) in [6.45, 7) is 6.10. The average molecular weight is 438 g/mol. The number of halogens is 1. The third-order valence-electron chi connectivity index (χ3n) is 4.61. The Hall–Kier alpha value is -2.32. The first kappa shape index (κ1) is 21.4. The summed E-state index contributed by atoms with van der Waals surface area (Å²) in [5, 5.41) is 4.94. The number of aromatic nitrogens is 3. The van der Waals surface area contributed by atoms with Gasteiger partial charge in [-0.25, -0.2) is 13.2 Å². The van der Waals surface area contributed by atoms with Crippen LogP contribution >= 0.6 is 11.6 Å². The number of ether oxygens (including phenoxy) is 1. The van der Waals surface area contributed by atoms with Crippen molar-refractivity contribution in [1.82, 2.24) is 14.8 Å². The van der Waals surface area contributed by atoms with Crippen molar-refractivity contribution in [1.29, 1.82) is 0 Å². The van der Waals surface area contributed by atoms with E-state index in [1.54, 1.807) is 29.8 Å². The van der Waals surface area contributed by atoms with Gasteiger partial charge in [0.1, 0.15) is 11.2 Å². The van der Waals surface area contributed by atoms with Crippen molar-refractivity contribution in [3.8, 4) is 11.1 Å². The van der Waals surface area contributed by atoms with E-state index in [-0.39, 0.29) is 18.3 Å². The number of aromatic amines is 1. The Labute approximate surface area is 174 Å². The number of nitrogens with zero attached hydrogens (tertiary/aromatic N) is 2. The second-order valence-electron chi connectivity index (χ2n) is 7.36. The molecule has 0 aliphatic heterocycles. The molecule has 0 saturated heterocycles. The minimum atomic E-state index is -3.22. The second-order valence-corrected chi connectivity index (χ2v) is 9.91. The fourth-order valence-electron chi connectivity index (χ4n) is 3.54. The van der Waals surface area contributed by atoms with Crippen LogP contribution in [0.2, 0.25) is 5.02 Å². The van der Waals surface area contributed by atoms with Gasteiger partial charge in [0.2, 0.25) is 0 Å². The molecule has 0 aliphatic rings. The van der Waals surface area contributed by atoms with Gasteiger partial charge in [0.05, 0.1) is 23.6 Å². The SMILES string of the molecule is CCOC(=O)c1[nH]c2c(C(C)C)n(C)nc2c1-c1ccc(CS(C)(=O)=O)c(Cl)c1. The maximum Gasteiger partial charge on any atom is 0.355 e. The standard InChI is InChI=1S/C20H24ClN3O4S/c1-6-28-20(25)17-15(16-18(22-17)19(11(2)3)24(4)23-16)12-7-8-13(14(21)9-12)10-29(5,26)27/h7-9,11,22H,6,10H2,1-5H3. The lowest BCUT2D eigenvalue weighted by atomic mass is 10.0. The van der Waals surface area contributed by atoms with Gasteiger partial charge in [0.25, 0.3) is 0 Å². The highest BCUT2D eigenvalue weighted by Crippen LogP contribution is 2.37. The summed E-state index contributed by atoms with van der Waals surface area (Å²) in [7, 11) is -1.36. The summed E-state index contributed by atoms with van der Waals surface area (Å²) in [5.74, 6) is -0.443. The molecule has 0 bridgehead atoms. The van der Waals surface area contributed by atoms with E-state index in [9.17, 15) is 13.2 Å². The molecular formula is C20H24ClN3O4S. The van der Waals surface area contributed by atoms with E-state index in [1.807, 2.05) is 7.05 Å². The van der Waals surface area contributed by atoms with Crippen LogP contribution in [0.3, 0.4) is 0 Å². The molecule has 0 fully saturated rings. The number of esters is 1.